The Hall–Kier alpha value is -2.80. The van der Waals surface area contributed by atoms with Crippen molar-refractivity contribution >= 4 is 50.7 Å². The Kier molecular flexibility index (Phi) is 7.84. The fraction of sp³-hybridized carbons (Fsp3) is 0.400. The number of amides is 2. The largest absolute Gasteiger partial charge is 0.332 e. The number of hydrogen-bond acceptors (Lipinski definition) is 10. The van der Waals surface area contributed by atoms with E-state index in [1.165, 1.54) is 19.1 Å². The SMILES string of the molecule is CCC(=O)ON1C(=O)CC(SSC(CN)c2ccc(N=[N+]=[N-])cc2[N+](=O)[O-])C1=O. The molecule has 2 rings (SSSR count). The molecule has 0 aromatic heterocycles. The number of carbonyl (C=O) groups excluding carboxylic acids is 3. The van der Waals surface area contributed by atoms with Crippen LogP contribution in [-0.2, 0) is 19.2 Å². The van der Waals surface area contributed by atoms with Crippen LogP contribution in [0.2, 0.25) is 0 Å². The Balaban J connectivity index is 2.14. The van der Waals surface area contributed by atoms with Crippen LogP contribution in [0.15, 0.2) is 23.3 Å². The summed E-state index contributed by atoms with van der Waals surface area (Å²) in [6, 6.07) is 4.00. The molecule has 2 unspecified atom stereocenters. The number of azide groups is 1. The molecule has 0 radical (unpaired) electrons. The number of imide groups is 1. The van der Waals surface area contributed by atoms with Gasteiger partial charge in [0.25, 0.3) is 17.5 Å². The van der Waals surface area contributed by atoms with Crippen molar-refractivity contribution < 1.29 is 24.1 Å². The summed E-state index contributed by atoms with van der Waals surface area (Å²) in [5.41, 5.74) is 14.3. The van der Waals surface area contributed by atoms with E-state index >= 15 is 0 Å². The van der Waals surface area contributed by atoms with Gasteiger partial charge in [-0.1, -0.05) is 45.8 Å². The van der Waals surface area contributed by atoms with Crippen LogP contribution >= 0.6 is 21.6 Å². The molecule has 0 aliphatic carbocycles. The first-order valence-electron chi connectivity index (χ1n) is 8.25. The van der Waals surface area contributed by atoms with E-state index in [1.54, 1.807) is 0 Å². The molecule has 0 spiro atoms. The first-order chi connectivity index (χ1) is 13.8. The summed E-state index contributed by atoms with van der Waals surface area (Å²) in [6.07, 6.45) is -0.156. The summed E-state index contributed by atoms with van der Waals surface area (Å²) in [6.45, 7) is 1.55. The zero-order valence-corrected chi connectivity index (χ0v) is 16.7. The minimum Gasteiger partial charge on any atom is -0.330 e. The van der Waals surface area contributed by atoms with Gasteiger partial charge in [0.05, 0.1) is 16.6 Å². The van der Waals surface area contributed by atoms with E-state index in [-0.39, 0.29) is 36.3 Å². The van der Waals surface area contributed by atoms with Crippen LogP contribution in [0.25, 0.3) is 10.4 Å². The molecule has 12 nitrogen and oxygen atoms in total. The maximum absolute atomic E-state index is 12.3. The van der Waals surface area contributed by atoms with Crippen LogP contribution < -0.4 is 5.73 Å². The number of benzene rings is 1. The van der Waals surface area contributed by atoms with Gasteiger partial charge in [0.2, 0.25) is 0 Å². The minimum absolute atomic E-state index is 0.00831. The molecule has 154 valence electrons. The summed E-state index contributed by atoms with van der Waals surface area (Å²) in [4.78, 5) is 53.7. The molecule has 1 aliphatic rings. The van der Waals surface area contributed by atoms with Crippen LogP contribution in [0.1, 0.15) is 30.6 Å². The number of nitrogens with two attached hydrogens (primary N) is 1. The Morgan fingerprint density at radius 2 is 2.28 bits per heavy atom. The second-order valence-corrected chi connectivity index (χ2v) is 8.32. The lowest BCUT2D eigenvalue weighted by Crippen LogP contribution is -2.33. The topological polar surface area (TPSA) is 182 Å². The Bertz CT molecular complexity index is 890. The lowest BCUT2D eigenvalue weighted by atomic mass is 10.1. The van der Waals surface area contributed by atoms with Crippen LogP contribution in [0.4, 0.5) is 11.4 Å². The third-order valence-electron chi connectivity index (χ3n) is 3.76. The van der Waals surface area contributed by atoms with E-state index in [0.717, 1.165) is 27.7 Å². The highest BCUT2D eigenvalue weighted by atomic mass is 33.1. The maximum atomic E-state index is 12.3. The predicted octanol–water partition coefficient (Wildman–Crippen LogP) is 2.91. The van der Waals surface area contributed by atoms with Crippen molar-refractivity contribution in [1.82, 2.24) is 5.06 Å². The molecule has 2 N–H and O–H groups in total. The smallest absolute Gasteiger partial charge is 0.330 e. The van der Waals surface area contributed by atoms with Gasteiger partial charge in [-0.15, -0.1) is 5.06 Å². The van der Waals surface area contributed by atoms with E-state index in [2.05, 4.69) is 10.0 Å². The third kappa shape index (κ3) is 5.38. The standard InChI is InChI=1S/C15H16N6O6S2/c1-2-14(23)27-20-13(22)6-11(15(20)24)28-29-12(7-16)9-4-3-8(18-19-17)5-10(9)21(25)26/h3-5,11-12H,2,6-7,16H2,1H3. The fourth-order valence-corrected chi connectivity index (χ4v) is 5.19. The van der Waals surface area contributed by atoms with Crippen molar-refractivity contribution in [2.75, 3.05) is 6.54 Å². The molecule has 1 aliphatic heterocycles. The first-order valence-corrected chi connectivity index (χ1v) is 10.5. The molecular formula is C15H16N6O6S2. The Morgan fingerprint density at radius 1 is 1.55 bits per heavy atom. The van der Waals surface area contributed by atoms with Gasteiger partial charge in [-0.25, -0.2) is 4.79 Å². The summed E-state index contributed by atoms with van der Waals surface area (Å²) < 4.78 is 0. The lowest BCUT2D eigenvalue weighted by molar-refractivity contribution is -0.385. The van der Waals surface area contributed by atoms with Crippen molar-refractivity contribution in [2.45, 2.75) is 30.3 Å². The monoisotopic (exact) mass is 440 g/mol. The van der Waals surface area contributed by atoms with Gasteiger partial charge in [-0.3, -0.25) is 19.7 Å². The molecule has 29 heavy (non-hydrogen) atoms. The van der Waals surface area contributed by atoms with Crippen molar-refractivity contribution in [3.8, 4) is 0 Å². The van der Waals surface area contributed by atoms with Gasteiger partial charge in [-0.05, 0) is 5.53 Å². The Labute approximate surface area is 172 Å². The molecule has 14 heteroatoms. The highest BCUT2D eigenvalue weighted by molar-refractivity contribution is 8.77. The Morgan fingerprint density at radius 3 is 2.86 bits per heavy atom. The maximum Gasteiger partial charge on any atom is 0.332 e. The van der Waals surface area contributed by atoms with E-state index in [1.807, 2.05) is 0 Å². The second-order valence-electron chi connectivity index (χ2n) is 5.64. The van der Waals surface area contributed by atoms with Gasteiger partial charge in [0, 0.05) is 35.2 Å². The van der Waals surface area contributed by atoms with E-state index in [4.69, 9.17) is 16.1 Å². The highest BCUT2D eigenvalue weighted by Gasteiger charge is 2.42. The zero-order valence-electron chi connectivity index (χ0n) is 15.1. The molecule has 0 saturated carbocycles. The molecule has 1 fully saturated rings. The van der Waals surface area contributed by atoms with Gasteiger partial charge < -0.3 is 10.6 Å². The van der Waals surface area contributed by atoms with Crippen molar-refractivity contribution in [3.05, 3.63) is 44.3 Å². The summed E-state index contributed by atoms with van der Waals surface area (Å²) in [5, 5.41) is 13.8. The van der Waals surface area contributed by atoms with E-state index < -0.39 is 33.2 Å². The number of hydrogen-bond donors (Lipinski definition) is 1. The molecule has 1 aromatic rings. The molecule has 0 bridgehead atoms. The summed E-state index contributed by atoms with van der Waals surface area (Å²) in [5.74, 6) is -2.01. The molecule has 2 atom stereocenters. The number of nitro groups is 1. The highest BCUT2D eigenvalue weighted by Crippen LogP contribution is 2.45. The van der Waals surface area contributed by atoms with Crippen molar-refractivity contribution in [3.63, 3.8) is 0 Å². The molecule has 1 saturated heterocycles. The number of nitrogens with zero attached hydrogens (tertiary/aromatic N) is 5. The third-order valence-corrected chi connectivity index (χ3v) is 6.88. The molecular weight excluding hydrogens is 424 g/mol. The van der Waals surface area contributed by atoms with Crippen LogP contribution in [0.3, 0.4) is 0 Å². The zero-order chi connectivity index (χ0) is 21.6. The molecule has 1 aromatic carbocycles. The first kappa shape index (κ1) is 22.5. The number of rotatable bonds is 9. The van der Waals surface area contributed by atoms with E-state index in [0.29, 0.717) is 5.06 Å². The van der Waals surface area contributed by atoms with Crippen LogP contribution in [-0.4, -0.2) is 39.6 Å². The van der Waals surface area contributed by atoms with Gasteiger partial charge in [0.15, 0.2) is 0 Å². The normalized spacial score (nSPS) is 17.0. The number of nitro benzene ring substituents is 1. The van der Waals surface area contributed by atoms with Crippen molar-refractivity contribution in [1.29, 1.82) is 0 Å². The minimum atomic E-state index is -0.812. The average Bonchev–Trinajstić information content (AvgIpc) is 2.96. The van der Waals surface area contributed by atoms with Crippen LogP contribution in [0.5, 0.6) is 0 Å². The summed E-state index contributed by atoms with van der Waals surface area (Å²) in [7, 11) is 2.12. The quantitative estimate of drug-likeness (QED) is 0.115. The van der Waals surface area contributed by atoms with Crippen LogP contribution in [0, 0.1) is 10.1 Å². The summed E-state index contributed by atoms with van der Waals surface area (Å²) >= 11 is 0. The number of carbonyl (C=O) groups is 3. The predicted molar refractivity (Wildman–Crippen MR) is 106 cm³/mol. The van der Waals surface area contributed by atoms with Crippen molar-refractivity contribution in [2.24, 2.45) is 10.8 Å². The molecule has 2 amide bonds. The van der Waals surface area contributed by atoms with Gasteiger partial charge >= 0.3 is 5.97 Å². The average molecular weight is 440 g/mol. The van der Waals surface area contributed by atoms with Gasteiger partial charge in [0.1, 0.15) is 5.25 Å². The lowest BCUT2D eigenvalue weighted by Gasteiger charge is -2.16. The van der Waals surface area contributed by atoms with E-state index in [9.17, 15) is 24.5 Å². The van der Waals surface area contributed by atoms with Gasteiger partial charge in [-0.2, -0.15) is 0 Å². The fourth-order valence-electron chi connectivity index (χ4n) is 2.35. The molecule has 1 heterocycles. The second kappa shape index (κ2) is 10.1. The number of hydroxylamine groups is 2.